The number of imide groups is 1. The zero-order valence-electron chi connectivity index (χ0n) is 13.4. The van der Waals surface area contributed by atoms with Crippen molar-refractivity contribution in [1.82, 2.24) is 4.90 Å². The molecule has 2 aromatic carbocycles. The molecule has 0 unspecified atom stereocenters. The van der Waals surface area contributed by atoms with E-state index >= 15 is 0 Å². The van der Waals surface area contributed by atoms with Gasteiger partial charge in [0.15, 0.2) is 0 Å². The van der Waals surface area contributed by atoms with Gasteiger partial charge in [-0.15, -0.1) is 0 Å². The number of nitro benzene ring substituents is 1. The molecule has 126 valence electrons. The summed E-state index contributed by atoms with van der Waals surface area (Å²) in [4.78, 5) is 47.7. The van der Waals surface area contributed by atoms with Crippen LogP contribution in [-0.2, 0) is 0 Å². The molecule has 0 aromatic heterocycles. The zero-order chi connectivity index (χ0) is 18.3. The Kier molecular flexibility index (Phi) is 3.80. The first kappa shape index (κ1) is 16.3. The fraction of sp³-hybridized carbons (Fsp3) is 0.118. The molecule has 2 aromatic rings. The largest absolute Gasteiger partial charge is 0.321 e. The van der Waals surface area contributed by atoms with Gasteiger partial charge in [-0.1, -0.05) is 6.07 Å². The van der Waals surface area contributed by atoms with Crippen molar-refractivity contribution >= 4 is 29.1 Å². The minimum absolute atomic E-state index is 0.103. The number of nitro groups is 1. The van der Waals surface area contributed by atoms with Gasteiger partial charge >= 0.3 is 0 Å². The van der Waals surface area contributed by atoms with Crippen molar-refractivity contribution in [2.24, 2.45) is 0 Å². The predicted molar refractivity (Wildman–Crippen MR) is 88.7 cm³/mol. The predicted octanol–water partition coefficient (Wildman–Crippen LogP) is 2.38. The van der Waals surface area contributed by atoms with Crippen molar-refractivity contribution < 1.29 is 19.3 Å². The maximum Gasteiger partial charge on any atom is 0.274 e. The Balaban J connectivity index is 1.92. The Morgan fingerprint density at radius 1 is 1.12 bits per heavy atom. The van der Waals surface area contributed by atoms with Gasteiger partial charge in [0.1, 0.15) is 0 Å². The number of carbonyl (C=O) groups excluding carboxylic acids is 3. The number of hydrogen-bond acceptors (Lipinski definition) is 5. The second kappa shape index (κ2) is 5.82. The molecule has 1 N–H and O–H groups in total. The highest BCUT2D eigenvalue weighted by Gasteiger charge is 2.33. The lowest BCUT2D eigenvalue weighted by molar-refractivity contribution is -0.385. The summed E-state index contributed by atoms with van der Waals surface area (Å²) in [5.41, 5.74) is 1.12. The number of hydrogen-bond donors (Lipinski definition) is 1. The Morgan fingerprint density at radius 3 is 2.48 bits per heavy atom. The van der Waals surface area contributed by atoms with Crippen molar-refractivity contribution in [3.63, 3.8) is 0 Å². The summed E-state index contributed by atoms with van der Waals surface area (Å²) in [6.45, 7) is 1.54. The van der Waals surface area contributed by atoms with Gasteiger partial charge < -0.3 is 5.32 Å². The van der Waals surface area contributed by atoms with Crippen LogP contribution in [0.5, 0.6) is 0 Å². The van der Waals surface area contributed by atoms with Crippen LogP contribution in [0.15, 0.2) is 36.4 Å². The molecule has 1 aliphatic rings. The van der Waals surface area contributed by atoms with Gasteiger partial charge in [0, 0.05) is 18.7 Å². The maximum absolute atomic E-state index is 12.4. The van der Waals surface area contributed by atoms with Crippen LogP contribution < -0.4 is 5.32 Å². The van der Waals surface area contributed by atoms with Crippen molar-refractivity contribution in [3.8, 4) is 0 Å². The van der Waals surface area contributed by atoms with Gasteiger partial charge in [-0.25, -0.2) is 0 Å². The summed E-state index contributed by atoms with van der Waals surface area (Å²) in [5.74, 6) is -1.41. The highest BCUT2D eigenvalue weighted by molar-refractivity contribution is 6.22. The van der Waals surface area contributed by atoms with Crippen LogP contribution in [0.2, 0.25) is 0 Å². The third-order valence-electron chi connectivity index (χ3n) is 4.10. The summed E-state index contributed by atoms with van der Waals surface area (Å²) in [6.07, 6.45) is 0. The molecular weight excluding hydrogens is 326 g/mol. The van der Waals surface area contributed by atoms with Gasteiger partial charge in [0.25, 0.3) is 23.4 Å². The van der Waals surface area contributed by atoms with Crippen LogP contribution in [-0.4, -0.2) is 34.6 Å². The molecule has 0 saturated carbocycles. The summed E-state index contributed by atoms with van der Waals surface area (Å²) < 4.78 is 0. The van der Waals surface area contributed by atoms with Gasteiger partial charge in [0.05, 0.1) is 27.3 Å². The number of rotatable bonds is 3. The first-order valence-corrected chi connectivity index (χ1v) is 7.33. The van der Waals surface area contributed by atoms with E-state index in [1.54, 1.807) is 6.07 Å². The van der Waals surface area contributed by atoms with Crippen LogP contribution in [0.4, 0.5) is 11.4 Å². The molecule has 8 nitrogen and oxygen atoms in total. The number of anilines is 1. The quantitative estimate of drug-likeness (QED) is 0.524. The minimum atomic E-state index is -0.527. The Labute approximate surface area is 142 Å². The topological polar surface area (TPSA) is 110 Å². The van der Waals surface area contributed by atoms with Crippen LogP contribution >= 0.6 is 0 Å². The molecule has 3 rings (SSSR count). The zero-order valence-corrected chi connectivity index (χ0v) is 13.4. The Morgan fingerprint density at radius 2 is 1.80 bits per heavy atom. The van der Waals surface area contributed by atoms with E-state index in [0.717, 1.165) is 4.90 Å². The average molecular weight is 339 g/mol. The lowest BCUT2D eigenvalue weighted by Gasteiger charge is -2.09. The Bertz CT molecular complexity index is 951. The van der Waals surface area contributed by atoms with Crippen LogP contribution in [0.25, 0.3) is 0 Å². The van der Waals surface area contributed by atoms with E-state index in [9.17, 15) is 24.5 Å². The van der Waals surface area contributed by atoms with E-state index in [2.05, 4.69) is 5.32 Å². The fourth-order valence-corrected chi connectivity index (χ4v) is 2.65. The van der Waals surface area contributed by atoms with E-state index < -0.39 is 22.6 Å². The second-order valence-electron chi connectivity index (χ2n) is 5.59. The molecule has 25 heavy (non-hydrogen) atoms. The Hall–Kier alpha value is -3.55. The van der Waals surface area contributed by atoms with E-state index in [1.165, 1.54) is 44.3 Å². The number of fused-ring (bicyclic) bond motifs is 1. The molecule has 0 atom stereocenters. The summed E-state index contributed by atoms with van der Waals surface area (Å²) >= 11 is 0. The number of benzene rings is 2. The standard InChI is InChI=1S/C17H13N3O5/c1-9-13(4-3-5-14(9)20(24)25)18-15(21)10-6-7-11-12(8-10)17(23)19(2)16(11)22/h3-8H,1-2H3,(H,18,21). The summed E-state index contributed by atoms with van der Waals surface area (Å²) in [6, 6.07) is 8.58. The molecule has 0 saturated heterocycles. The van der Waals surface area contributed by atoms with Crippen LogP contribution in [0.1, 0.15) is 36.6 Å². The molecule has 1 heterocycles. The molecule has 0 radical (unpaired) electrons. The van der Waals surface area contributed by atoms with Crippen LogP contribution in [0, 0.1) is 17.0 Å². The second-order valence-corrected chi connectivity index (χ2v) is 5.59. The minimum Gasteiger partial charge on any atom is -0.321 e. The van der Waals surface area contributed by atoms with E-state index in [4.69, 9.17) is 0 Å². The molecule has 3 amide bonds. The molecule has 0 bridgehead atoms. The van der Waals surface area contributed by atoms with Gasteiger partial charge in [-0.3, -0.25) is 29.4 Å². The van der Waals surface area contributed by atoms with Crippen molar-refractivity contribution in [2.45, 2.75) is 6.92 Å². The molecule has 8 heteroatoms. The third-order valence-corrected chi connectivity index (χ3v) is 4.10. The first-order chi connectivity index (χ1) is 11.8. The first-order valence-electron chi connectivity index (χ1n) is 7.33. The number of amides is 3. The van der Waals surface area contributed by atoms with Gasteiger partial charge in [-0.2, -0.15) is 0 Å². The monoisotopic (exact) mass is 339 g/mol. The SMILES string of the molecule is Cc1c(NC(=O)c2ccc3c(c2)C(=O)N(C)C3=O)cccc1[N+](=O)[O-]. The molecule has 0 spiro atoms. The highest BCUT2D eigenvalue weighted by Crippen LogP contribution is 2.26. The number of carbonyl (C=O) groups is 3. The normalized spacial score (nSPS) is 13.0. The molecule has 1 aliphatic heterocycles. The van der Waals surface area contributed by atoms with E-state index in [0.29, 0.717) is 11.3 Å². The lowest BCUT2D eigenvalue weighted by Crippen LogP contribution is -2.24. The summed E-state index contributed by atoms with van der Waals surface area (Å²) in [7, 11) is 1.37. The van der Waals surface area contributed by atoms with Crippen molar-refractivity contribution in [1.29, 1.82) is 0 Å². The highest BCUT2D eigenvalue weighted by atomic mass is 16.6. The summed E-state index contributed by atoms with van der Waals surface area (Å²) in [5, 5.41) is 13.6. The lowest BCUT2D eigenvalue weighted by atomic mass is 10.0. The molecular formula is C17H13N3O5. The van der Waals surface area contributed by atoms with E-state index in [-0.39, 0.29) is 22.4 Å². The third kappa shape index (κ3) is 2.63. The fourth-order valence-electron chi connectivity index (χ4n) is 2.65. The van der Waals surface area contributed by atoms with Crippen molar-refractivity contribution in [3.05, 3.63) is 68.8 Å². The number of nitrogens with zero attached hydrogens (tertiary/aromatic N) is 2. The van der Waals surface area contributed by atoms with E-state index in [1.807, 2.05) is 0 Å². The maximum atomic E-state index is 12.4. The van der Waals surface area contributed by atoms with Crippen LogP contribution in [0.3, 0.4) is 0 Å². The van der Waals surface area contributed by atoms with Crippen molar-refractivity contribution in [2.75, 3.05) is 12.4 Å². The molecule has 0 fully saturated rings. The average Bonchev–Trinajstić information content (AvgIpc) is 2.80. The smallest absolute Gasteiger partial charge is 0.274 e. The molecule has 0 aliphatic carbocycles. The number of nitrogens with one attached hydrogen (secondary N) is 1. The van der Waals surface area contributed by atoms with Gasteiger partial charge in [-0.05, 0) is 31.2 Å². The van der Waals surface area contributed by atoms with Gasteiger partial charge in [0.2, 0.25) is 0 Å².